The summed E-state index contributed by atoms with van der Waals surface area (Å²) < 4.78 is 10.5. The molecule has 1 aromatic heterocycles. The number of hydrogen-bond acceptors (Lipinski definition) is 5. The van der Waals surface area contributed by atoms with Gasteiger partial charge in [-0.2, -0.15) is 4.98 Å². The van der Waals surface area contributed by atoms with Crippen molar-refractivity contribution in [2.45, 2.75) is 38.0 Å². The van der Waals surface area contributed by atoms with Gasteiger partial charge in [0.15, 0.2) is 5.82 Å². The molecule has 1 aliphatic rings. The van der Waals surface area contributed by atoms with Gasteiger partial charge in [-0.15, -0.1) is 0 Å². The van der Waals surface area contributed by atoms with E-state index in [0.717, 1.165) is 24.2 Å². The number of aromatic nitrogens is 2. The molecule has 0 atom stereocenters. The third-order valence-electron chi connectivity index (χ3n) is 3.89. The van der Waals surface area contributed by atoms with E-state index in [1.54, 1.807) is 13.2 Å². The van der Waals surface area contributed by atoms with Crippen molar-refractivity contribution in [1.29, 1.82) is 0 Å². The van der Waals surface area contributed by atoms with Crippen LogP contribution in [0.1, 0.15) is 43.8 Å². The van der Waals surface area contributed by atoms with Crippen LogP contribution < -0.4 is 10.5 Å². The maximum Gasteiger partial charge on any atom is 0.258 e. The molecule has 3 rings (SSSR count). The Hall–Kier alpha value is -2.04. The minimum absolute atomic E-state index is 0.442. The molecule has 20 heavy (non-hydrogen) atoms. The van der Waals surface area contributed by atoms with Crippen LogP contribution in [-0.2, 0) is 0 Å². The molecule has 0 unspecified atom stereocenters. The van der Waals surface area contributed by atoms with Crippen molar-refractivity contribution < 1.29 is 9.26 Å². The molecular formula is C15H19N3O2. The average Bonchev–Trinajstić information content (AvgIpc) is 2.98. The van der Waals surface area contributed by atoms with Gasteiger partial charge in [-0.05, 0) is 31.0 Å². The molecule has 5 heteroatoms. The monoisotopic (exact) mass is 273 g/mol. The van der Waals surface area contributed by atoms with E-state index in [0.29, 0.717) is 23.2 Å². The van der Waals surface area contributed by atoms with E-state index in [1.165, 1.54) is 19.3 Å². The van der Waals surface area contributed by atoms with E-state index in [4.69, 9.17) is 15.0 Å². The van der Waals surface area contributed by atoms with Crippen LogP contribution in [-0.4, -0.2) is 17.3 Å². The maximum atomic E-state index is 5.90. The van der Waals surface area contributed by atoms with E-state index >= 15 is 0 Å². The number of nitrogens with two attached hydrogens (primary N) is 1. The molecule has 1 heterocycles. The van der Waals surface area contributed by atoms with Crippen LogP contribution in [0.5, 0.6) is 5.75 Å². The van der Waals surface area contributed by atoms with Gasteiger partial charge in [0.05, 0.1) is 12.8 Å². The Morgan fingerprint density at radius 1 is 1.25 bits per heavy atom. The molecule has 106 valence electrons. The quantitative estimate of drug-likeness (QED) is 0.868. The third-order valence-corrected chi connectivity index (χ3v) is 3.89. The van der Waals surface area contributed by atoms with Crippen molar-refractivity contribution in [3.8, 4) is 17.2 Å². The van der Waals surface area contributed by atoms with E-state index in [9.17, 15) is 0 Å². The fourth-order valence-corrected chi connectivity index (χ4v) is 2.75. The second-order valence-corrected chi connectivity index (χ2v) is 5.25. The van der Waals surface area contributed by atoms with Gasteiger partial charge in [-0.3, -0.25) is 0 Å². The zero-order valence-electron chi connectivity index (χ0n) is 11.6. The summed E-state index contributed by atoms with van der Waals surface area (Å²) in [6.07, 6.45) is 6.14. The molecule has 1 aliphatic carbocycles. The van der Waals surface area contributed by atoms with Crippen molar-refractivity contribution in [1.82, 2.24) is 10.1 Å². The predicted octanol–water partition coefficient (Wildman–Crippen LogP) is 3.38. The number of anilines is 1. The zero-order chi connectivity index (χ0) is 13.9. The summed E-state index contributed by atoms with van der Waals surface area (Å²) in [5, 5.41) is 4.13. The highest BCUT2D eigenvalue weighted by atomic mass is 16.5. The number of methoxy groups -OCH3 is 1. The number of hydrogen-bond donors (Lipinski definition) is 1. The highest BCUT2D eigenvalue weighted by Gasteiger charge is 2.21. The lowest BCUT2D eigenvalue weighted by Crippen LogP contribution is -2.06. The fourth-order valence-electron chi connectivity index (χ4n) is 2.75. The fraction of sp³-hybridized carbons (Fsp3) is 0.467. The second-order valence-electron chi connectivity index (χ2n) is 5.25. The van der Waals surface area contributed by atoms with Gasteiger partial charge in [-0.25, -0.2) is 0 Å². The van der Waals surface area contributed by atoms with Crippen molar-refractivity contribution in [3.63, 3.8) is 0 Å². The van der Waals surface area contributed by atoms with Crippen LogP contribution in [0.3, 0.4) is 0 Å². The predicted molar refractivity (Wildman–Crippen MR) is 76.5 cm³/mol. The molecule has 1 fully saturated rings. The Morgan fingerprint density at radius 3 is 2.75 bits per heavy atom. The topological polar surface area (TPSA) is 74.2 Å². The molecule has 1 aromatic carbocycles. The van der Waals surface area contributed by atoms with Crippen LogP contribution in [0.2, 0.25) is 0 Å². The molecule has 2 aromatic rings. The Balaban J connectivity index is 1.84. The molecule has 0 aliphatic heterocycles. The van der Waals surface area contributed by atoms with E-state index in [2.05, 4.69) is 10.1 Å². The van der Waals surface area contributed by atoms with Crippen LogP contribution >= 0.6 is 0 Å². The number of nitrogen functional groups attached to an aromatic ring is 1. The first-order valence-electron chi connectivity index (χ1n) is 7.05. The molecule has 5 nitrogen and oxygen atoms in total. The van der Waals surface area contributed by atoms with E-state index < -0.39 is 0 Å². The minimum Gasteiger partial charge on any atom is -0.495 e. The lowest BCUT2D eigenvalue weighted by molar-refractivity contribution is 0.385. The molecule has 0 radical (unpaired) electrons. The van der Waals surface area contributed by atoms with E-state index in [-0.39, 0.29) is 0 Å². The second kappa shape index (κ2) is 5.53. The first kappa shape index (κ1) is 13.0. The van der Waals surface area contributed by atoms with Gasteiger partial charge >= 0.3 is 0 Å². The van der Waals surface area contributed by atoms with Gasteiger partial charge in [0.1, 0.15) is 5.75 Å². The first-order valence-corrected chi connectivity index (χ1v) is 7.05. The standard InChI is InChI=1S/C15H19N3O2/c1-19-13-8-7-11(9-12(13)16)15-17-14(18-20-15)10-5-3-2-4-6-10/h7-10H,2-6,16H2,1H3. The highest BCUT2D eigenvalue weighted by Crippen LogP contribution is 2.33. The van der Waals surface area contributed by atoms with E-state index in [1.807, 2.05) is 12.1 Å². The summed E-state index contributed by atoms with van der Waals surface area (Å²) in [6.45, 7) is 0. The molecule has 0 amide bonds. The Labute approximate surface area is 118 Å². The zero-order valence-corrected chi connectivity index (χ0v) is 11.6. The number of ether oxygens (including phenoxy) is 1. The normalized spacial score (nSPS) is 16.2. The van der Waals surface area contributed by atoms with Gasteiger partial charge < -0.3 is 15.0 Å². The summed E-state index contributed by atoms with van der Waals surface area (Å²) in [7, 11) is 1.60. The Bertz CT molecular complexity index is 589. The van der Waals surface area contributed by atoms with Crippen LogP contribution in [0, 0.1) is 0 Å². The van der Waals surface area contributed by atoms with Crippen molar-refractivity contribution in [2.75, 3.05) is 12.8 Å². The van der Waals surface area contributed by atoms with Crippen molar-refractivity contribution in [2.24, 2.45) is 0 Å². The summed E-state index contributed by atoms with van der Waals surface area (Å²) in [6, 6.07) is 5.50. The third kappa shape index (κ3) is 2.48. The van der Waals surface area contributed by atoms with Crippen molar-refractivity contribution >= 4 is 5.69 Å². The maximum absolute atomic E-state index is 5.90. The lowest BCUT2D eigenvalue weighted by atomic mass is 9.89. The van der Waals surface area contributed by atoms with Crippen LogP contribution in [0.4, 0.5) is 5.69 Å². The lowest BCUT2D eigenvalue weighted by Gasteiger charge is -2.17. The van der Waals surface area contributed by atoms with Gasteiger partial charge in [-0.1, -0.05) is 24.4 Å². The first-order chi connectivity index (χ1) is 9.78. The summed E-state index contributed by atoms with van der Waals surface area (Å²) in [4.78, 5) is 4.53. The molecule has 0 saturated heterocycles. The van der Waals surface area contributed by atoms with Crippen molar-refractivity contribution in [3.05, 3.63) is 24.0 Å². The largest absolute Gasteiger partial charge is 0.495 e. The summed E-state index contributed by atoms with van der Waals surface area (Å²) in [5.41, 5.74) is 7.31. The number of rotatable bonds is 3. The molecule has 0 bridgehead atoms. The number of benzene rings is 1. The Kier molecular flexibility index (Phi) is 3.58. The van der Waals surface area contributed by atoms with Gasteiger partial charge in [0.2, 0.25) is 0 Å². The van der Waals surface area contributed by atoms with Gasteiger partial charge in [0, 0.05) is 11.5 Å². The Morgan fingerprint density at radius 2 is 2.05 bits per heavy atom. The van der Waals surface area contributed by atoms with Crippen LogP contribution in [0.25, 0.3) is 11.5 Å². The molecule has 2 N–H and O–H groups in total. The van der Waals surface area contributed by atoms with Crippen LogP contribution in [0.15, 0.2) is 22.7 Å². The van der Waals surface area contributed by atoms with Gasteiger partial charge in [0.25, 0.3) is 5.89 Å². The highest BCUT2D eigenvalue weighted by molar-refractivity contribution is 5.65. The molecular weight excluding hydrogens is 254 g/mol. The average molecular weight is 273 g/mol. The molecule has 1 saturated carbocycles. The molecule has 0 spiro atoms. The SMILES string of the molecule is COc1ccc(-c2nc(C3CCCCC3)no2)cc1N. The smallest absolute Gasteiger partial charge is 0.258 e. The summed E-state index contributed by atoms with van der Waals surface area (Å²) in [5.74, 6) is 2.45. The summed E-state index contributed by atoms with van der Waals surface area (Å²) >= 11 is 0. The number of nitrogens with zero attached hydrogens (tertiary/aromatic N) is 2. The minimum atomic E-state index is 0.442.